The fraction of sp³-hybridized carbons (Fsp3) is 0.500. The first-order chi connectivity index (χ1) is 10.1. The van der Waals surface area contributed by atoms with E-state index in [0.29, 0.717) is 18.0 Å². The monoisotopic (exact) mass is 283 g/mol. The molecule has 21 heavy (non-hydrogen) atoms. The summed E-state index contributed by atoms with van der Waals surface area (Å²) in [5.74, 6) is 0.546. The summed E-state index contributed by atoms with van der Waals surface area (Å²) in [5.41, 5.74) is 3.87. The summed E-state index contributed by atoms with van der Waals surface area (Å²) >= 11 is 0. The molecule has 2 unspecified atom stereocenters. The molecule has 0 bridgehead atoms. The molecular weight excluding hydrogens is 258 g/mol. The van der Waals surface area contributed by atoms with E-state index < -0.39 is 0 Å². The van der Waals surface area contributed by atoms with E-state index in [2.05, 4.69) is 59.9 Å². The van der Waals surface area contributed by atoms with Gasteiger partial charge in [-0.05, 0) is 49.8 Å². The van der Waals surface area contributed by atoms with Gasteiger partial charge in [0.15, 0.2) is 0 Å². The molecule has 0 amide bonds. The lowest BCUT2D eigenvalue weighted by Crippen LogP contribution is -2.35. The van der Waals surface area contributed by atoms with Gasteiger partial charge in [0, 0.05) is 17.8 Å². The van der Waals surface area contributed by atoms with Gasteiger partial charge >= 0.3 is 0 Å². The number of hydrogen-bond donors (Lipinski definition) is 1. The topological polar surface area (TPSA) is 29.9 Å². The van der Waals surface area contributed by atoms with Gasteiger partial charge in [0.1, 0.15) is 0 Å². The molecule has 3 rings (SSSR count). The summed E-state index contributed by atoms with van der Waals surface area (Å²) in [7, 11) is 0. The van der Waals surface area contributed by atoms with Gasteiger partial charge in [-0.15, -0.1) is 0 Å². The highest BCUT2D eigenvalue weighted by Crippen LogP contribution is 2.28. The fourth-order valence-corrected chi connectivity index (χ4v) is 3.18. The van der Waals surface area contributed by atoms with Crippen LogP contribution in [0.3, 0.4) is 0 Å². The molecular formula is C18H25N3. The summed E-state index contributed by atoms with van der Waals surface area (Å²) in [4.78, 5) is 4.40. The van der Waals surface area contributed by atoms with Crippen molar-refractivity contribution >= 4 is 0 Å². The van der Waals surface area contributed by atoms with Crippen LogP contribution in [-0.4, -0.2) is 15.6 Å². The number of benzene rings is 1. The Bertz CT molecular complexity index is 600. The third-order valence-electron chi connectivity index (χ3n) is 4.45. The second-order valence-corrected chi connectivity index (χ2v) is 6.49. The molecule has 1 aromatic heterocycles. The summed E-state index contributed by atoms with van der Waals surface area (Å²) in [5, 5.41) is 3.71. The van der Waals surface area contributed by atoms with Crippen molar-refractivity contribution in [1.29, 1.82) is 0 Å². The van der Waals surface area contributed by atoms with Crippen molar-refractivity contribution in [3.05, 3.63) is 48.0 Å². The Balaban J connectivity index is 1.93. The van der Waals surface area contributed by atoms with Crippen molar-refractivity contribution in [3.8, 4) is 5.69 Å². The van der Waals surface area contributed by atoms with Crippen molar-refractivity contribution in [2.75, 3.05) is 0 Å². The molecule has 2 atom stereocenters. The fourth-order valence-electron chi connectivity index (χ4n) is 3.18. The quantitative estimate of drug-likeness (QED) is 0.915. The summed E-state index contributed by atoms with van der Waals surface area (Å²) in [6.07, 6.45) is 7.71. The van der Waals surface area contributed by atoms with E-state index in [1.807, 2.05) is 12.5 Å². The van der Waals surface area contributed by atoms with Gasteiger partial charge in [-0.2, -0.15) is 0 Å². The predicted molar refractivity (Wildman–Crippen MR) is 86.8 cm³/mol. The summed E-state index contributed by atoms with van der Waals surface area (Å²) < 4.78 is 2.24. The molecule has 112 valence electrons. The smallest absolute Gasteiger partial charge is 0.0994 e. The lowest BCUT2D eigenvalue weighted by Gasteiger charge is -2.29. The maximum atomic E-state index is 4.40. The van der Waals surface area contributed by atoms with Crippen LogP contribution in [0.1, 0.15) is 63.3 Å². The van der Waals surface area contributed by atoms with E-state index in [1.165, 1.54) is 36.2 Å². The number of nitrogens with zero attached hydrogens (tertiary/aromatic N) is 2. The minimum Gasteiger partial charge on any atom is -0.306 e. The number of rotatable bonds is 3. The van der Waals surface area contributed by atoms with Crippen molar-refractivity contribution in [1.82, 2.24) is 14.9 Å². The van der Waals surface area contributed by atoms with Crippen LogP contribution in [0, 0.1) is 0 Å². The Labute approximate surface area is 127 Å². The normalized spacial score (nSPS) is 22.7. The van der Waals surface area contributed by atoms with Gasteiger partial charge in [-0.3, -0.25) is 0 Å². The average Bonchev–Trinajstić information content (AvgIpc) is 2.97. The largest absolute Gasteiger partial charge is 0.306 e. The second kappa shape index (κ2) is 6.02. The first kappa shape index (κ1) is 14.3. The zero-order valence-corrected chi connectivity index (χ0v) is 13.2. The zero-order valence-electron chi connectivity index (χ0n) is 13.2. The lowest BCUT2D eigenvalue weighted by atomic mass is 9.97. The molecule has 0 saturated carbocycles. The van der Waals surface area contributed by atoms with Gasteiger partial charge < -0.3 is 9.88 Å². The van der Waals surface area contributed by atoms with E-state index >= 15 is 0 Å². The van der Waals surface area contributed by atoms with Crippen molar-refractivity contribution < 1.29 is 0 Å². The summed E-state index contributed by atoms with van der Waals surface area (Å²) in [6.45, 7) is 6.74. The minimum atomic E-state index is 0.416. The number of imidazole rings is 1. The van der Waals surface area contributed by atoms with Gasteiger partial charge in [-0.1, -0.05) is 26.0 Å². The average molecular weight is 283 g/mol. The molecule has 1 aliphatic heterocycles. The maximum absolute atomic E-state index is 4.40. The number of aromatic nitrogens is 2. The van der Waals surface area contributed by atoms with Gasteiger partial charge in [0.25, 0.3) is 0 Å². The van der Waals surface area contributed by atoms with Crippen LogP contribution in [0.15, 0.2) is 36.8 Å². The Morgan fingerprint density at radius 1 is 1.29 bits per heavy atom. The van der Waals surface area contributed by atoms with Crippen LogP contribution in [0.2, 0.25) is 0 Å². The van der Waals surface area contributed by atoms with Gasteiger partial charge in [0.2, 0.25) is 0 Å². The molecule has 2 heterocycles. The lowest BCUT2D eigenvalue weighted by molar-refractivity contribution is 0.334. The Hall–Kier alpha value is -1.61. The van der Waals surface area contributed by atoms with Crippen LogP contribution in [0.5, 0.6) is 0 Å². The van der Waals surface area contributed by atoms with E-state index in [9.17, 15) is 0 Å². The minimum absolute atomic E-state index is 0.416. The Morgan fingerprint density at radius 2 is 2.14 bits per heavy atom. The molecule has 0 radical (unpaired) electrons. The van der Waals surface area contributed by atoms with Crippen LogP contribution >= 0.6 is 0 Å². The molecule has 1 N–H and O–H groups in total. The Morgan fingerprint density at radius 3 is 2.90 bits per heavy atom. The SMILES string of the molecule is CC1CCCC(c2cncn2-c2cccc(C(C)C)c2)N1. The second-order valence-electron chi connectivity index (χ2n) is 6.49. The van der Waals surface area contributed by atoms with Gasteiger partial charge in [-0.25, -0.2) is 4.98 Å². The predicted octanol–water partition coefficient (Wildman–Crippen LogP) is 4.20. The highest BCUT2D eigenvalue weighted by atomic mass is 15.1. The molecule has 2 aromatic rings. The molecule has 0 spiro atoms. The third kappa shape index (κ3) is 3.03. The molecule has 1 aromatic carbocycles. The van der Waals surface area contributed by atoms with Crippen molar-refractivity contribution in [2.45, 2.75) is 58.0 Å². The first-order valence-electron chi connectivity index (χ1n) is 8.04. The summed E-state index contributed by atoms with van der Waals surface area (Å²) in [6, 6.07) is 9.80. The maximum Gasteiger partial charge on any atom is 0.0994 e. The standard InChI is InChI=1S/C18H25N3/c1-13(2)15-7-5-8-16(10-15)21-12-19-11-18(21)17-9-4-6-14(3)20-17/h5,7-8,10-14,17,20H,4,6,9H2,1-3H3. The Kier molecular flexibility index (Phi) is 4.11. The van der Waals surface area contributed by atoms with Crippen molar-refractivity contribution in [3.63, 3.8) is 0 Å². The zero-order chi connectivity index (χ0) is 14.8. The first-order valence-corrected chi connectivity index (χ1v) is 8.04. The highest BCUT2D eigenvalue weighted by Gasteiger charge is 2.22. The number of piperidine rings is 1. The molecule has 1 saturated heterocycles. The van der Waals surface area contributed by atoms with Crippen molar-refractivity contribution in [2.24, 2.45) is 0 Å². The molecule has 1 aliphatic rings. The van der Waals surface area contributed by atoms with Crippen LogP contribution in [0.25, 0.3) is 5.69 Å². The number of hydrogen-bond acceptors (Lipinski definition) is 2. The number of nitrogens with one attached hydrogen (secondary N) is 1. The molecule has 1 fully saturated rings. The molecule has 0 aliphatic carbocycles. The van der Waals surface area contributed by atoms with E-state index in [4.69, 9.17) is 0 Å². The molecule has 3 nitrogen and oxygen atoms in total. The van der Waals surface area contributed by atoms with Crippen LogP contribution in [-0.2, 0) is 0 Å². The van der Waals surface area contributed by atoms with E-state index in [1.54, 1.807) is 0 Å². The third-order valence-corrected chi connectivity index (χ3v) is 4.45. The molecule has 3 heteroatoms. The van der Waals surface area contributed by atoms with Gasteiger partial charge in [0.05, 0.1) is 18.2 Å². The van der Waals surface area contributed by atoms with Crippen LogP contribution < -0.4 is 5.32 Å². The van der Waals surface area contributed by atoms with Crippen LogP contribution in [0.4, 0.5) is 0 Å². The van der Waals surface area contributed by atoms with E-state index in [0.717, 1.165) is 0 Å². The highest BCUT2D eigenvalue weighted by molar-refractivity contribution is 5.39. The van der Waals surface area contributed by atoms with E-state index in [-0.39, 0.29) is 0 Å².